The molecule has 0 aliphatic heterocycles. The molecule has 3 rings (SSSR count). The molecule has 0 saturated heterocycles. The quantitative estimate of drug-likeness (QED) is 0.720. The highest BCUT2D eigenvalue weighted by Crippen LogP contribution is 2.23. The van der Waals surface area contributed by atoms with Gasteiger partial charge in [-0.05, 0) is 38.8 Å². The van der Waals surface area contributed by atoms with Crippen LogP contribution in [0.15, 0.2) is 34.4 Å². The van der Waals surface area contributed by atoms with Gasteiger partial charge in [0.05, 0.1) is 10.9 Å². The van der Waals surface area contributed by atoms with E-state index in [1.807, 2.05) is 51.3 Å². The van der Waals surface area contributed by atoms with Crippen LogP contribution in [-0.4, -0.2) is 20.5 Å². The van der Waals surface area contributed by atoms with Gasteiger partial charge in [0.1, 0.15) is 0 Å². The lowest BCUT2D eigenvalue weighted by molar-refractivity contribution is -0.115. The van der Waals surface area contributed by atoms with Crippen molar-refractivity contribution in [3.05, 3.63) is 62.5 Å². The number of hydrogen-bond donors (Lipinski definition) is 1. The fraction of sp³-hybridized carbons (Fsp3) is 0.316. The Morgan fingerprint density at radius 2 is 2.00 bits per heavy atom. The molecule has 2 heterocycles. The number of carbonyl (C=O) groups excluding carboxylic acids is 1. The minimum Gasteiger partial charge on any atom is -0.325 e. The molecule has 0 spiro atoms. The van der Waals surface area contributed by atoms with Crippen LogP contribution < -0.4 is 10.9 Å². The van der Waals surface area contributed by atoms with E-state index in [-0.39, 0.29) is 16.7 Å². The zero-order valence-corrected chi connectivity index (χ0v) is 16.8. The molecule has 0 radical (unpaired) electrons. The van der Waals surface area contributed by atoms with Gasteiger partial charge in [0.2, 0.25) is 5.91 Å². The van der Waals surface area contributed by atoms with Gasteiger partial charge in [-0.3, -0.25) is 14.0 Å². The first-order chi connectivity index (χ1) is 12.4. The molecule has 136 valence electrons. The van der Waals surface area contributed by atoms with Crippen molar-refractivity contribution in [1.82, 2.24) is 9.38 Å². The van der Waals surface area contributed by atoms with Crippen LogP contribution in [0.5, 0.6) is 0 Å². The van der Waals surface area contributed by atoms with Crippen LogP contribution >= 0.6 is 23.1 Å². The Labute approximate surface area is 160 Å². The molecule has 0 aliphatic rings. The van der Waals surface area contributed by atoms with Crippen LogP contribution in [0.25, 0.3) is 4.96 Å². The van der Waals surface area contributed by atoms with Crippen molar-refractivity contribution >= 4 is 39.7 Å². The summed E-state index contributed by atoms with van der Waals surface area (Å²) in [6.07, 6.45) is 0. The molecule has 1 amide bonds. The number of thioether (sulfide) groups is 1. The summed E-state index contributed by atoms with van der Waals surface area (Å²) in [5.74, 6) is 0.474. The number of nitrogens with one attached hydrogen (secondary N) is 1. The first-order valence-corrected chi connectivity index (χ1v) is 10.2. The monoisotopic (exact) mass is 387 g/mol. The SMILES string of the molecule is Cc1cccc(C)c1NC(=O)C(C)SCc1cc(=O)n2c(C)csc2n1. The van der Waals surface area contributed by atoms with Crippen LogP contribution in [0.2, 0.25) is 0 Å². The third-order valence-corrected chi connectivity index (χ3v) is 6.33. The normalized spacial score (nSPS) is 12.3. The van der Waals surface area contributed by atoms with E-state index in [4.69, 9.17) is 0 Å². The van der Waals surface area contributed by atoms with Gasteiger partial charge in [-0.25, -0.2) is 4.98 Å². The maximum Gasteiger partial charge on any atom is 0.258 e. The summed E-state index contributed by atoms with van der Waals surface area (Å²) < 4.78 is 1.61. The molecular formula is C19H21N3O2S2. The minimum absolute atomic E-state index is 0.0443. The molecule has 5 nitrogen and oxygen atoms in total. The molecule has 2 aromatic heterocycles. The number of carbonyl (C=O) groups is 1. The fourth-order valence-corrected chi connectivity index (χ4v) is 4.37. The molecule has 0 fully saturated rings. The van der Waals surface area contributed by atoms with Gasteiger partial charge in [-0.15, -0.1) is 23.1 Å². The number of benzene rings is 1. The Morgan fingerprint density at radius 3 is 2.69 bits per heavy atom. The minimum atomic E-state index is -0.251. The van der Waals surface area contributed by atoms with Crippen molar-refractivity contribution in [1.29, 1.82) is 0 Å². The van der Waals surface area contributed by atoms with Crippen LogP contribution in [0, 0.1) is 20.8 Å². The van der Waals surface area contributed by atoms with Crippen LogP contribution in [-0.2, 0) is 10.5 Å². The fourth-order valence-electron chi connectivity index (χ4n) is 2.70. The molecule has 7 heteroatoms. The Morgan fingerprint density at radius 1 is 1.31 bits per heavy atom. The molecule has 26 heavy (non-hydrogen) atoms. The first kappa shape index (κ1) is 18.7. The molecule has 0 bridgehead atoms. The third kappa shape index (κ3) is 3.83. The van der Waals surface area contributed by atoms with E-state index in [1.165, 1.54) is 23.1 Å². The van der Waals surface area contributed by atoms with Crippen molar-refractivity contribution < 1.29 is 4.79 Å². The van der Waals surface area contributed by atoms with E-state index in [1.54, 1.807) is 10.5 Å². The lowest BCUT2D eigenvalue weighted by atomic mass is 10.1. The average Bonchev–Trinajstić information content (AvgIpc) is 2.97. The lowest BCUT2D eigenvalue weighted by Gasteiger charge is -2.15. The molecule has 0 saturated carbocycles. The second-order valence-electron chi connectivity index (χ2n) is 6.29. The summed E-state index contributed by atoms with van der Waals surface area (Å²) in [7, 11) is 0. The maximum absolute atomic E-state index is 12.5. The van der Waals surface area contributed by atoms with Crippen LogP contribution in [0.4, 0.5) is 5.69 Å². The molecule has 1 unspecified atom stereocenters. The topological polar surface area (TPSA) is 63.5 Å². The van der Waals surface area contributed by atoms with Crippen molar-refractivity contribution in [3.8, 4) is 0 Å². The summed E-state index contributed by atoms with van der Waals surface area (Å²) in [5.41, 5.74) is 4.48. The smallest absolute Gasteiger partial charge is 0.258 e. The number of aromatic nitrogens is 2. The van der Waals surface area contributed by atoms with Gasteiger partial charge in [0, 0.05) is 28.6 Å². The maximum atomic E-state index is 12.5. The van der Waals surface area contributed by atoms with Crippen molar-refractivity contribution in [3.63, 3.8) is 0 Å². The number of rotatable bonds is 5. The molecule has 3 aromatic rings. The molecule has 0 aliphatic carbocycles. The van der Waals surface area contributed by atoms with E-state index < -0.39 is 0 Å². The van der Waals surface area contributed by atoms with Gasteiger partial charge in [0.25, 0.3) is 5.56 Å². The predicted molar refractivity (Wildman–Crippen MR) is 109 cm³/mol. The highest BCUT2D eigenvalue weighted by Gasteiger charge is 2.16. The zero-order valence-electron chi connectivity index (χ0n) is 15.2. The van der Waals surface area contributed by atoms with E-state index >= 15 is 0 Å². The van der Waals surface area contributed by atoms with Gasteiger partial charge >= 0.3 is 0 Å². The van der Waals surface area contributed by atoms with E-state index in [9.17, 15) is 9.59 Å². The predicted octanol–water partition coefficient (Wildman–Crippen LogP) is 3.94. The second-order valence-corrected chi connectivity index (χ2v) is 8.46. The standard InChI is InChI=1S/C19H21N3O2S2/c1-11-6-5-7-12(2)17(11)21-18(24)14(4)25-10-15-8-16(23)22-13(3)9-26-19(22)20-15/h5-9,14H,10H2,1-4H3,(H,21,24). The summed E-state index contributed by atoms with van der Waals surface area (Å²) in [5, 5.41) is 4.68. The Hall–Kier alpha value is -2.12. The van der Waals surface area contributed by atoms with Gasteiger partial charge < -0.3 is 5.32 Å². The van der Waals surface area contributed by atoms with Crippen molar-refractivity contribution in [2.45, 2.75) is 38.7 Å². The Balaban J connectivity index is 1.68. The first-order valence-electron chi connectivity index (χ1n) is 8.32. The number of amides is 1. The van der Waals surface area contributed by atoms with E-state index in [0.717, 1.165) is 22.5 Å². The average molecular weight is 388 g/mol. The summed E-state index contributed by atoms with van der Waals surface area (Å²) in [6, 6.07) is 7.49. The van der Waals surface area contributed by atoms with Crippen molar-refractivity contribution in [2.75, 3.05) is 5.32 Å². The Bertz CT molecular complexity index is 1000. The largest absolute Gasteiger partial charge is 0.325 e. The van der Waals surface area contributed by atoms with Gasteiger partial charge in [-0.2, -0.15) is 0 Å². The molecule has 1 aromatic carbocycles. The number of nitrogens with zero attached hydrogens (tertiary/aromatic N) is 2. The van der Waals surface area contributed by atoms with Gasteiger partial charge in [0.15, 0.2) is 4.96 Å². The van der Waals surface area contributed by atoms with Gasteiger partial charge in [-0.1, -0.05) is 18.2 Å². The Kier molecular flexibility index (Phi) is 5.48. The number of anilines is 1. The third-order valence-electron chi connectivity index (χ3n) is 4.21. The highest BCUT2D eigenvalue weighted by molar-refractivity contribution is 7.99. The highest BCUT2D eigenvalue weighted by atomic mass is 32.2. The lowest BCUT2D eigenvalue weighted by Crippen LogP contribution is -2.23. The molecule has 1 N–H and O–H groups in total. The summed E-state index contributed by atoms with van der Waals surface area (Å²) >= 11 is 2.93. The van der Waals surface area contributed by atoms with Crippen molar-refractivity contribution in [2.24, 2.45) is 0 Å². The number of para-hydroxylation sites is 1. The van der Waals surface area contributed by atoms with Crippen LogP contribution in [0.1, 0.15) is 29.4 Å². The summed E-state index contributed by atoms with van der Waals surface area (Å²) in [4.78, 5) is 29.9. The van der Waals surface area contributed by atoms with E-state index in [2.05, 4.69) is 10.3 Å². The number of fused-ring (bicyclic) bond motifs is 1. The second kappa shape index (κ2) is 7.63. The zero-order chi connectivity index (χ0) is 18.8. The molecule has 1 atom stereocenters. The van der Waals surface area contributed by atoms with E-state index in [0.29, 0.717) is 16.4 Å². The van der Waals surface area contributed by atoms with Crippen LogP contribution in [0.3, 0.4) is 0 Å². The number of hydrogen-bond acceptors (Lipinski definition) is 5. The molecular weight excluding hydrogens is 366 g/mol. The summed E-state index contributed by atoms with van der Waals surface area (Å²) in [6.45, 7) is 7.72. The number of aryl methyl sites for hydroxylation is 3. The number of thiazole rings is 1.